The van der Waals surface area contributed by atoms with Crippen molar-refractivity contribution < 1.29 is 4.39 Å². The fraction of sp³-hybridized carbons (Fsp3) is 0.400. The molecule has 1 N–H and O–H groups in total. The summed E-state index contributed by atoms with van der Waals surface area (Å²) in [5, 5.41) is 3.24. The van der Waals surface area contributed by atoms with Crippen molar-refractivity contribution in [1.82, 2.24) is 5.32 Å². The molecule has 13 heavy (non-hydrogen) atoms. The van der Waals surface area contributed by atoms with Crippen molar-refractivity contribution in [3.8, 4) is 0 Å². The summed E-state index contributed by atoms with van der Waals surface area (Å²) < 4.78 is 13.1. The highest BCUT2D eigenvalue weighted by molar-refractivity contribution is 5.85. The molecule has 0 bridgehead atoms. The normalized spacial score (nSPS) is 20.3. The van der Waals surface area contributed by atoms with E-state index in [-0.39, 0.29) is 18.2 Å². The summed E-state index contributed by atoms with van der Waals surface area (Å²) in [7, 11) is 0. The van der Waals surface area contributed by atoms with Gasteiger partial charge in [0, 0.05) is 6.04 Å². The van der Waals surface area contributed by atoms with E-state index < -0.39 is 0 Å². The predicted molar refractivity (Wildman–Crippen MR) is 53.7 cm³/mol. The summed E-state index contributed by atoms with van der Waals surface area (Å²) in [5.41, 5.74) is 1.79. The van der Waals surface area contributed by atoms with Gasteiger partial charge in [-0.15, -0.1) is 12.4 Å². The molecule has 1 saturated heterocycles. The molecule has 0 radical (unpaired) electrons. The van der Waals surface area contributed by atoms with E-state index in [2.05, 4.69) is 5.32 Å². The number of aryl methyl sites for hydroxylation is 1. The van der Waals surface area contributed by atoms with Crippen LogP contribution in [0.4, 0.5) is 4.39 Å². The van der Waals surface area contributed by atoms with Crippen LogP contribution in [0.25, 0.3) is 0 Å². The largest absolute Gasteiger partial charge is 0.310 e. The second kappa shape index (κ2) is 4.07. The molecule has 1 aliphatic rings. The van der Waals surface area contributed by atoms with Gasteiger partial charge in [0.05, 0.1) is 0 Å². The molecule has 1 nitrogen and oxygen atoms in total. The van der Waals surface area contributed by atoms with Crippen LogP contribution in [0, 0.1) is 12.7 Å². The molecule has 1 aliphatic heterocycles. The molecule has 1 aromatic carbocycles. The lowest BCUT2D eigenvalue weighted by molar-refractivity contribution is 0.381. The van der Waals surface area contributed by atoms with Crippen LogP contribution in [0.5, 0.6) is 0 Å². The van der Waals surface area contributed by atoms with Crippen molar-refractivity contribution in [1.29, 1.82) is 0 Å². The molecule has 0 aliphatic carbocycles. The van der Waals surface area contributed by atoms with Crippen LogP contribution in [0.15, 0.2) is 18.2 Å². The Labute approximate surface area is 83.8 Å². The number of halogens is 2. The van der Waals surface area contributed by atoms with Crippen molar-refractivity contribution in [2.75, 3.05) is 6.54 Å². The maximum absolute atomic E-state index is 13.1. The first-order valence-electron chi connectivity index (χ1n) is 4.27. The molecule has 2 rings (SSSR count). The molecule has 1 aromatic rings. The van der Waals surface area contributed by atoms with Gasteiger partial charge >= 0.3 is 0 Å². The molecule has 0 unspecified atom stereocenters. The molecule has 1 heterocycles. The Kier molecular flexibility index (Phi) is 3.28. The molecule has 1 fully saturated rings. The Morgan fingerprint density at radius 1 is 1.46 bits per heavy atom. The number of hydrogen-bond donors (Lipinski definition) is 1. The van der Waals surface area contributed by atoms with Crippen molar-refractivity contribution >= 4 is 12.4 Å². The standard InChI is InChI=1S/C10H12FN.ClH/c1-7-2-3-8(6-9(7)11)10-4-5-12-10;/h2-3,6,10,12H,4-5H2,1H3;1H/t10-;/m1./s1. The second-order valence-corrected chi connectivity index (χ2v) is 3.30. The maximum atomic E-state index is 13.1. The molecule has 0 spiro atoms. The van der Waals surface area contributed by atoms with Gasteiger partial charge in [-0.2, -0.15) is 0 Å². The Morgan fingerprint density at radius 3 is 2.62 bits per heavy atom. The van der Waals surface area contributed by atoms with Crippen molar-refractivity contribution in [2.45, 2.75) is 19.4 Å². The van der Waals surface area contributed by atoms with Gasteiger partial charge in [0.15, 0.2) is 0 Å². The van der Waals surface area contributed by atoms with Gasteiger partial charge in [-0.1, -0.05) is 12.1 Å². The minimum atomic E-state index is -0.0961. The fourth-order valence-corrected chi connectivity index (χ4v) is 1.40. The van der Waals surface area contributed by atoms with Crippen LogP contribution in [0.3, 0.4) is 0 Å². The minimum Gasteiger partial charge on any atom is -0.310 e. The van der Waals surface area contributed by atoms with Gasteiger partial charge in [0.25, 0.3) is 0 Å². The van der Waals surface area contributed by atoms with Gasteiger partial charge in [0.1, 0.15) is 5.82 Å². The molecule has 0 amide bonds. The summed E-state index contributed by atoms with van der Waals surface area (Å²) in [6.07, 6.45) is 1.13. The van der Waals surface area contributed by atoms with E-state index in [9.17, 15) is 4.39 Å². The highest BCUT2D eigenvalue weighted by Crippen LogP contribution is 2.23. The van der Waals surface area contributed by atoms with E-state index in [1.54, 1.807) is 13.0 Å². The first kappa shape index (κ1) is 10.5. The zero-order chi connectivity index (χ0) is 8.55. The average Bonchev–Trinajstić information content (AvgIpc) is 1.93. The third kappa shape index (κ3) is 2.01. The molecule has 0 saturated carbocycles. The zero-order valence-electron chi connectivity index (χ0n) is 7.51. The van der Waals surface area contributed by atoms with E-state index >= 15 is 0 Å². The Hall–Kier alpha value is -0.600. The Balaban J connectivity index is 0.000000845. The summed E-state index contributed by atoms with van der Waals surface area (Å²) in [5.74, 6) is -0.0961. The zero-order valence-corrected chi connectivity index (χ0v) is 8.33. The summed E-state index contributed by atoms with van der Waals surface area (Å²) in [4.78, 5) is 0. The summed E-state index contributed by atoms with van der Waals surface area (Å²) in [6, 6.07) is 5.85. The third-order valence-corrected chi connectivity index (χ3v) is 2.42. The van der Waals surface area contributed by atoms with Crippen LogP contribution < -0.4 is 5.32 Å². The van der Waals surface area contributed by atoms with Crippen LogP contribution in [-0.4, -0.2) is 6.54 Å². The van der Waals surface area contributed by atoms with Crippen LogP contribution in [0.2, 0.25) is 0 Å². The fourth-order valence-electron chi connectivity index (χ4n) is 1.40. The first-order valence-corrected chi connectivity index (χ1v) is 4.27. The van der Waals surface area contributed by atoms with Crippen LogP contribution in [-0.2, 0) is 0 Å². The molecule has 72 valence electrons. The minimum absolute atomic E-state index is 0. The third-order valence-electron chi connectivity index (χ3n) is 2.42. The quantitative estimate of drug-likeness (QED) is 0.737. The average molecular weight is 202 g/mol. The van der Waals surface area contributed by atoms with E-state index in [0.717, 1.165) is 24.1 Å². The van der Waals surface area contributed by atoms with Gasteiger partial charge in [-0.05, 0) is 37.1 Å². The topological polar surface area (TPSA) is 12.0 Å². The summed E-state index contributed by atoms with van der Waals surface area (Å²) in [6.45, 7) is 2.84. The maximum Gasteiger partial charge on any atom is 0.126 e. The molecular weight excluding hydrogens is 189 g/mol. The van der Waals surface area contributed by atoms with Gasteiger partial charge < -0.3 is 5.32 Å². The van der Waals surface area contributed by atoms with E-state index in [1.807, 2.05) is 12.1 Å². The van der Waals surface area contributed by atoms with Crippen molar-refractivity contribution in [3.05, 3.63) is 35.1 Å². The van der Waals surface area contributed by atoms with E-state index in [1.165, 1.54) is 0 Å². The predicted octanol–water partition coefficient (Wildman–Crippen LogP) is 2.59. The molecule has 3 heteroatoms. The Bertz CT molecular complexity index is 297. The Morgan fingerprint density at radius 2 is 2.15 bits per heavy atom. The smallest absolute Gasteiger partial charge is 0.126 e. The lowest BCUT2D eigenvalue weighted by Gasteiger charge is -2.28. The van der Waals surface area contributed by atoms with Crippen molar-refractivity contribution in [3.63, 3.8) is 0 Å². The first-order chi connectivity index (χ1) is 5.77. The van der Waals surface area contributed by atoms with Crippen molar-refractivity contribution in [2.24, 2.45) is 0 Å². The molecule has 0 aromatic heterocycles. The van der Waals surface area contributed by atoms with Crippen LogP contribution in [0.1, 0.15) is 23.6 Å². The van der Waals surface area contributed by atoms with E-state index in [4.69, 9.17) is 0 Å². The number of rotatable bonds is 1. The number of benzene rings is 1. The van der Waals surface area contributed by atoms with Gasteiger partial charge in [-0.3, -0.25) is 0 Å². The number of nitrogens with one attached hydrogen (secondary N) is 1. The highest BCUT2D eigenvalue weighted by Gasteiger charge is 2.18. The molecule has 1 atom stereocenters. The van der Waals surface area contributed by atoms with E-state index in [0.29, 0.717) is 6.04 Å². The van der Waals surface area contributed by atoms with Gasteiger partial charge in [0.2, 0.25) is 0 Å². The summed E-state index contributed by atoms with van der Waals surface area (Å²) >= 11 is 0. The van der Waals surface area contributed by atoms with Gasteiger partial charge in [-0.25, -0.2) is 4.39 Å². The lowest BCUT2D eigenvalue weighted by Crippen LogP contribution is -2.34. The highest BCUT2D eigenvalue weighted by atomic mass is 35.5. The molecular formula is C10H13ClFN. The monoisotopic (exact) mass is 201 g/mol. The van der Waals surface area contributed by atoms with Crippen LogP contribution >= 0.6 is 12.4 Å². The second-order valence-electron chi connectivity index (χ2n) is 3.30. The lowest BCUT2D eigenvalue weighted by atomic mass is 9.97. The number of hydrogen-bond acceptors (Lipinski definition) is 1. The SMILES string of the molecule is Cc1ccc([C@H]2CCN2)cc1F.Cl.